The van der Waals surface area contributed by atoms with E-state index in [1.54, 1.807) is 28.9 Å². The van der Waals surface area contributed by atoms with Crippen LogP contribution in [-0.2, 0) is 10.0 Å². The Morgan fingerprint density at radius 2 is 1.91 bits per heavy atom. The maximum Gasteiger partial charge on any atom is 0.261 e. The van der Waals surface area contributed by atoms with Gasteiger partial charge in [-0.25, -0.2) is 17.8 Å². The van der Waals surface area contributed by atoms with Crippen LogP contribution in [0.2, 0.25) is 0 Å². The highest BCUT2D eigenvalue weighted by Gasteiger charge is 2.15. The van der Waals surface area contributed by atoms with E-state index in [1.807, 2.05) is 6.92 Å². The number of halogens is 1. The molecule has 0 radical (unpaired) electrons. The molecule has 1 aromatic carbocycles. The van der Waals surface area contributed by atoms with E-state index >= 15 is 0 Å². The van der Waals surface area contributed by atoms with E-state index in [0.29, 0.717) is 5.69 Å². The second-order valence-electron chi connectivity index (χ2n) is 5.08. The zero-order chi connectivity index (χ0) is 15.9. The molecule has 0 aliphatic rings. The molecule has 0 spiro atoms. The number of rotatable bonds is 3. The van der Waals surface area contributed by atoms with Crippen LogP contribution in [0.15, 0.2) is 47.6 Å². The standard InChI is InChI=1S/C15H14FN3O2S/c1-10-7-13(4-5-14(10)16)22(20,21)18-12-3-6-15-17-11(2)8-19(15)9-12/h3-9,18H,1-2H3. The highest BCUT2D eigenvalue weighted by molar-refractivity contribution is 7.92. The molecule has 7 heteroatoms. The van der Waals surface area contributed by atoms with Gasteiger partial charge in [-0.2, -0.15) is 0 Å². The van der Waals surface area contributed by atoms with Crippen molar-refractivity contribution in [3.05, 3.63) is 59.8 Å². The normalized spacial score (nSPS) is 11.8. The van der Waals surface area contributed by atoms with Crippen LogP contribution in [0.4, 0.5) is 10.1 Å². The molecule has 0 aliphatic carbocycles. The summed E-state index contributed by atoms with van der Waals surface area (Å²) in [4.78, 5) is 4.30. The SMILES string of the molecule is Cc1cn2cc(NS(=O)(=O)c3ccc(F)c(C)c3)ccc2n1. The zero-order valence-electron chi connectivity index (χ0n) is 12.0. The smallest absolute Gasteiger partial charge is 0.261 e. The number of pyridine rings is 1. The molecule has 0 fully saturated rings. The van der Waals surface area contributed by atoms with Gasteiger partial charge in [0.05, 0.1) is 16.3 Å². The number of hydrogen-bond acceptors (Lipinski definition) is 3. The van der Waals surface area contributed by atoms with Crippen molar-refractivity contribution in [3.8, 4) is 0 Å². The molecule has 22 heavy (non-hydrogen) atoms. The molecule has 0 amide bonds. The molecule has 0 saturated heterocycles. The van der Waals surface area contributed by atoms with Crippen LogP contribution in [0.1, 0.15) is 11.3 Å². The van der Waals surface area contributed by atoms with E-state index in [-0.39, 0.29) is 10.5 Å². The van der Waals surface area contributed by atoms with E-state index in [2.05, 4.69) is 9.71 Å². The van der Waals surface area contributed by atoms with Gasteiger partial charge in [0.15, 0.2) is 0 Å². The molecule has 3 aromatic rings. The highest BCUT2D eigenvalue weighted by atomic mass is 32.2. The topological polar surface area (TPSA) is 63.5 Å². The molecule has 0 atom stereocenters. The average Bonchev–Trinajstić information content (AvgIpc) is 2.80. The minimum Gasteiger partial charge on any atom is -0.305 e. The highest BCUT2D eigenvalue weighted by Crippen LogP contribution is 2.19. The number of nitrogens with zero attached hydrogens (tertiary/aromatic N) is 2. The number of sulfonamides is 1. The third kappa shape index (κ3) is 2.67. The minimum atomic E-state index is -3.76. The lowest BCUT2D eigenvalue weighted by molar-refractivity contribution is 0.598. The number of aromatic nitrogens is 2. The fourth-order valence-corrected chi connectivity index (χ4v) is 3.31. The monoisotopic (exact) mass is 319 g/mol. The first-order valence-electron chi connectivity index (χ1n) is 6.59. The maximum atomic E-state index is 13.3. The van der Waals surface area contributed by atoms with Crippen molar-refractivity contribution >= 4 is 21.4 Å². The Hall–Kier alpha value is -2.41. The van der Waals surface area contributed by atoms with E-state index in [0.717, 1.165) is 17.4 Å². The van der Waals surface area contributed by atoms with Gasteiger partial charge in [-0.3, -0.25) is 4.72 Å². The molecule has 1 N–H and O–H groups in total. The molecule has 0 saturated carbocycles. The Kier molecular flexibility index (Phi) is 3.37. The Bertz CT molecular complexity index is 964. The third-order valence-electron chi connectivity index (χ3n) is 3.26. The Morgan fingerprint density at radius 1 is 1.14 bits per heavy atom. The van der Waals surface area contributed by atoms with E-state index in [1.165, 1.54) is 19.1 Å². The van der Waals surface area contributed by atoms with Gasteiger partial charge in [0.25, 0.3) is 10.0 Å². The molecule has 114 valence electrons. The molecular weight excluding hydrogens is 305 g/mol. The van der Waals surface area contributed by atoms with E-state index < -0.39 is 15.8 Å². The number of nitrogens with one attached hydrogen (secondary N) is 1. The first-order valence-corrected chi connectivity index (χ1v) is 8.08. The molecule has 0 bridgehead atoms. The van der Waals surface area contributed by atoms with Crippen molar-refractivity contribution < 1.29 is 12.8 Å². The second kappa shape index (κ2) is 5.10. The van der Waals surface area contributed by atoms with Gasteiger partial charge in [-0.1, -0.05) is 0 Å². The summed E-state index contributed by atoms with van der Waals surface area (Å²) in [5.74, 6) is -0.436. The second-order valence-corrected chi connectivity index (χ2v) is 6.76. The van der Waals surface area contributed by atoms with Crippen LogP contribution < -0.4 is 4.72 Å². The predicted molar refractivity (Wildman–Crippen MR) is 81.9 cm³/mol. The quantitative estimate of drug-likeness (QED) is 0.807. The third-order valence-corrected chi connectivity index (χ3v) is 4.64. The van der Waals surface area contributed by atoms with Gasteiger partial charge in [0.1, 0.15) is 11.5 Å². The number of imidazole rings is 1. The van der Waals surface area contributed by atoms with Crippen LogP contribution >= 0.6 is 0 Å². The van der Waals surface area contributed by atoms with Crippen molar-refractivity contribution in [2.45, 2.75) is 18.7 Å². The summed E-state index contributed by atoms with van der Waals surface area (Å²) in [6.45, 7) is 3.38. The maximum absolute atomic E-state index is 13.3. The molecule has 2 heterocycles. The van der Waals surface area contributed by atoms with Crippen molar-refractivity contribution in [3.63, 3.8) is 0 Å². The van der Waals surface area contributed by atoms with Crippen molar-refractivity contribution in [1.29, 1.82) is 0 Å². The minimum absolute atomic E-state index is 0.0216. The van der Waals surface area contributed by atoms with Gasteiger partial charge in [-0.15, -0.1) is 0 Å². The number of hydrogen-bond donors (Lipinski definition) is 1. The summed E-state index contributed by atoms with van der Waals surface area (Å²) < 4.78 is 42.2. The molecule has 2 aromatic heterocycles. The van der Waals surface area contributed by atoms with Crippen molar-refractivity contribution in [2.24, 2.45) is 0 Å². The van der Waals surface area contributed by atoms with Gasteiger partial charge in [0, 0.05) is 12.4 Å². The Balaban J connectivity index is 1.96. The molecule has 0 aliphatic heterocycles. The average molecular weight is 319 g/mol. The lowest BCUT2D eigenvalue weighted by Crippen LogP contribution is -2.13. The number of benzene rings is 1. The van der Waals surface area contributed by atoms with Gasteiger partial charge >= 0.3 is 0 Å². The summed E-state index contributed by atoms with van der Waals surface area (Å²) in [6, 6.07) is 7.05. The summed E-state index contributed by atoms with van der Waals surface area (Å²) in [7, 11) is -3.76. The number of fused-ring (bicyclic) bond motifs is 1. The molecular formula is C15H14FN3O2S. The van der Waals surface area contributed by atoms with E-state index in [4.69, 9.17) is 0 Å². The van der Waals surface area contributed by atoms with Crippen molar-refractivity contribution in [1.82, 2.24) is 9.38 Å². The molecule has 3 rings (SSSR count). The first kappa shape index (κ1) is 14.5. The van der Waals surface area contributed by atoms with Crippen LogP contribution in [0.25, 0.3) is 5.65 Å². The lowest BCUT2D eigenvalue weighted by Gasteiger charge is -2.09. The fraction of sp³-hybridized carbons (Fsp3) is 0.133. The van der Waals surface area contributed by atoms with Crippen molar-refractivity contribution in [2.75, 3.05) is 4.72 Å². The fourth-order valence-electron chi connectivity index (χ4n) is 2.18. The molecule has 0 unspecified atom stereocenters. The van der Waals surface area contributed by atoms with Gasteiger partial charge in [-0.05, 0) is 49.7 Å². The van der Waals surface area contributed by atoms with Gasteiger partial charge < -0.3 is 4.40 Å². The van der Waals surface area contributed by atoms with Crippen LogP contribution in [-0.4, -0.2) is 17.8 Å². The Labute approximate surface area is 127 Å². The summed E-state index contributed by atoms with van der Waals surface area (Å²) in [5.41, 5.74) is 2.27. The van der Waals surface area contributed by atoms with Crippen LogP contribution in [0, 0.1) is 19.7 Å². The van der Waals surface area contributed by atoms with Crippen LogP contribution in [0.5, 0.6) is 0 Å². The molecule has 5 nitrogen and oxygen atoms in total. The summed E-state index contributed by atoms with van der Waals surface area (Å²) >= 11 is 0. The zero-order valence-corrected chi connectivity index (χ0v) is 12.9. The van der Waals surface area contributed by atoms with Gasteiger partial charge in [0.2, 0.25) is 0 Å². The van der Waals surface area contributed by atoms with E-state index in [9.17, 15) is 12.8 Å². The Morgan fingerprint density at radius 3 is 2.64 bits per heavy atom. The summed E-state index contributed by atoms with van der Waals surface area (Å²) in [5, 5.41) is 0. The lowest BCUT2D eigenvalue weighted by atomic mass is 10.2. The largest absolute Gasteiger partial charge is 0.305 e. The number of aryl methyl sites for hydroxylation is 2. The summed E-state index contributed by atoms with van der Waals surface area (Å²) in [6.07, 6.45) is 3.44. The first-order chi connectivity index (χ1) is 10.3. The van der Waals surface area contributed by atoms with Crippen LogP contribution in [0.3, 0.4) is 0 Å². The predicted octanol–water partition coefficient (Wildman–Crippen LogP) is 2.89. The number of anilines is 1.